The summed E-state index contributed by atoms with van der Waals surface area (Å²) in [7, 11) is 0. The summed E-state index contributed by atoms with van der Waals surface area (Å²) in [6.45, 7) is 2.47. The Labute approximate surface area is 63.9 Å². The summed E-state index contributed by atoms with van der Waals surface area (Å²) in [5, 5.41) is 13.9. The third-order valence-electron chi connectivity index (χ3n) is 1.44. The zero-order valence-electron chi connectivity index (χ0n) is 6.20. The van der Waals surface area contributed by atoms with Gasteiger partial charge in [-0.2, -0.15) is 5.10 Å². The van der Waals surface area contributed by atoms with Gasteiger partial charge < -0.3 is 5.43 Å². The maximum Gasteiger partial charge on any atom is 0.239 e. The molecule has 1 rings (SSSR count). The van der Waals surface area contributed by atoms with E-state index in [1.165, 1.54) is 0 Å². The molecule has 5 nitrogen and oxygen atoms in total. The minimum atomic E-state index is -0.462. The Morgan fingerprint density at radius 3 is 3.09 bits per heavy atom. The van der Waals surface area contributed by atoms with Gasteiger partial charge in [0.05, 0.1) is 10.6 Å². The summed E-state index contributed by atoms with van der Waals surface area (Å²) in [5.74, 6) is 0. The first-order valence-electron chi connectivity index (χ1n) is 3.32. The molecule has 0 spiro atoms. The molecule has 1 heterocycles. The third kappa shape index (κ3) is 2.03. The monoisotopic (exact) mass is 155 g/mol. The topological polar surface area (TPSA) is 67.5 Å². The van der Waals surface area contributed by atoms with Crippen molar-refractivity contribution in [2.24, 2.45) is 5.10 Å². The first kappa shape index (κ1) is 7.71. The maximum absolute atomic E-state index is 10.0. The lowest BCUT2D eigenvalue weighted by molar-refractivity contribution is -0.403. The Kier molecular flexibility index (Phi) is 2.20. The van der Waals surface area contributed by atoms with Crippen molar-refractivity contribution < 1.29 is 4.92 Å². The van der Waals surface area contributed by atoms with Gasteiger partial charge in [-0.05, 0) is 6.92 Å². The van der Waals surface area contributed by atoms with Gasteiger partial charge in [-0.15, -0.1) is 0 Å². The van der Waals surface area contributed by atoms with Gasteiger partial charge in [0, 0.05) is 18.5 Å². The van der Waals surface area contributed by atoms with Crippen molar-refractivity contribution in [1.29, 1.82) is 0 Å². The molecule has 0 bridgehead atoms. The third-order valence-corrected chi connectivity index (χ3v) is 1.44. The number of allylic oxidation sites excluding steroid dienone is 1. The number of nitrogens with zero attached hydrogens (tertiary/aromatic N) is 2. The molecule has 0 saturated carbocycles. The lowest BCUT2D eigenvalue weighted by Gasteiger charge is -1.91. The number of rotatable bonds is 2. The van der Waals surface area contributed by atoms with E-state index in [1.807, 2.05) is 0 Å². The van der Waals surface area contributed by atoms with Crippen LogP contribution >= 0.6 is 0 Å². The van der Waals surface area contributed by atoms with E-state index in [1.54, 1.807) is 6.92 Å². The van der Waals surface area contributed by atoms with Crippen LogP contribution in [0.25, 0.3) is 0 Å². The molecule has 1 aliphatic rings. The standard InChI is InChI=1S/C6H9N3O2/c1-5(4-9(10)11)6-2-3-7-8-6/h4,7H,2-3H2,1H3. The second kappa shape index (κ2) is 3.14. The minimum absolute atomic E-state index is 0.462. The first-order chi connectivity index (χ1) is 5.20. The Hall–Kier alpha value is -1.39. The molecule has 1 aliphatic heterocycles. The summed E-state index contributed by atoms with van der Waals surface area (Å²) in [5.41, 5.74) is 4.16. The molecule has 0 aromatic heterocycles. The number of hydrogen-bond donors (Lipinski definition) is 1. The van der Waals surface area contributed by atoms with Crippen LogP contribution in [0.5, 0.6) is 0 Å². The largest absolute Gasteiger partial charge is 0.309 e. The maximum atomic E-state index is 10.0. The fourth-order valence-electron chi connectivity index (χ4n) is 0.900. The summed E-state index contributed by atoms with van der Waals surface area (Å²) in [6, 6.07) is 0. The Morgan fingerprint density at radius 1 is 1.91 bits per heavy atom. The number of nitrogens with one attached hydrogen (secondary N) is 1. The highest BCUT2D eigenvalue weighted by Gasteiger charge is 2.10. The number of hydrazone groups is 1. The molecule has 0 fully saturated rings. The smallest absolute Gasteiger partial charge is 0.239 e. The van der Waals surface area contributed by atoms with Crippen LogP contribution in [-0.4, -0.2) is 17.2 Å². The molecule has 1 N–H and O–H groups in total. The van der Waals surface area contributed by atoms with E-state index in [0.717, 1.165) is 24.9 Å². The Balaban J connectivity index is 2.66. The van der Waals surface area contributed by atoms with Crippen molar-refractivity contribution in [1.82, 2.24) is 5.43 Å². The number of nitro groups is 1. The van der Waals surface area contributed by atoms with Crippen LogP contribution in [0.4, 0.5) is 0 Å². The quantitative estimate of drug-likeness (QED) is 0.466. The van der Waals surface area contributed by atoms with Crippen molar-refractivity contribution in [3.63, 3.8) is 0 Å². The molecule has 60 valence electrons. The van der Waals surface area contributed by atoms with Gasteiger partial charge >= 0.3 is 0 Å². The van der Waals surface area contributed by atoms with Gasteiger partial charge in [-0.1, -0.05) is 0 Å². The second-order valence-corrected chi connectivity index (χ2v) is 2.31. The molecular formula is C6H9N3O2. The predicted molar refractivity (Wildman–Crippen MR) is 40.8 cm³/mol. The highest BCUT2D eigenvalue weighted by Crippen LogP contribution is 2.04. The molecule has 0 radical (unpaired) electrons. The molecular weight excluding hydrogens is 146 g/mol. The lowest BCUT2D eigenvalue weighted by atomic mass is 10.1. The van der Waals surface area contributed by atoms with Crippen molar-refractivity contribution in [2.45, 2.75) is 13.3 Å². The molecule has 0 aromatic carbocycles. The van der Waals surface area contributed by atoms with Crippen molar-refractivity contribution >= 4 is 5.71 Å². The van der Waals surface area contributed by atoms with Gasteiger partial charge in [0.1, 0.15) is 0 Å². The van der Waals surface area contributed by atoms with E-state index in [2.05, 4.69) is 10.5 Å². The van der Waals surface area contributed by atoms with Crippen LogP contribution in [0.15, 0.2) is 16.9 Å². The molecule has 0 atom stereocenters. The summed E-state index contributed by atoms with van der Waals surface area (Å²) in [6.07, 6.45) is 1.75. The average molecular weight is 155 g/mol. The van der Waals surface area contributed by atoms with E-state index >= 15 is 0 Å². The van der Waals surface area contributed by atoms with E-state index in [-0.39, 0.29) is 0 Å². The van der Waals surface area contributed by atoms with Gasteiger partial charge in [-0.3, -0.25) is 10.1 Å². The van der Waals surface area contributed by atoms with Gasteiger partial charge in [0.25, 0.3) is 0 Å². The highest BCUT2D eigenvalue weighted by molar-refractivity contribution is 6.00. The van der Waals surface area contributed by atoms with E-state index < -0.39 is 4.92 Å². The van der Waals surface area contributed by atoms with Crippen LogP contribution < -0.4 is 5.43 Å². The van der Waals surface area contributed by atoms with Crippen molar-refractivity contribution in [3.8, 4) is 0 Å². The SMILES string of the molecule is CC(=C[N+](=O)[O-])C1=NNCC1. The summed E-state index contributed by atoms with van der Waals surface area (Å²) >= 11 is 0. The number of hydrogen-bond acceptors (Lipinski definition) is 4. The van der Waals surface area contributed by atoms with E-state index in [9.17, 15) is 10.1 Å². The van der Waals surface area contributed by atoms with Crippen LogP contribution in [0.1, 0.15) is 13.3 Å². The Morgan fingerprint density at radius 2 is 2.64 bits per heavy atom. The fourth-order valence-corrected chi connectivity index (χ4v) is 0.900. The summed E-state index contributed by atoms with van der Waals surface area (Å²) < 4.78 is 0. The molecule has 5 heteroatoms. The molecule has 0 aliphatic carbocycles. The molecule has 0 aromatic rings. The highest BCUT2D eigenvalue weighted by atomic mass is 16.6. The van der Waals surface area contributed by atoms with Crippen LogP contribution in [0.2, 0.25) is 0 Å². The van der Waals surface area contributed by atoms with Gasteiger partial charge in [0.2, 0.25) is 6.20 Å². The Bertz CT molecular complexity index is 232. The molecule has 0 saturated heterocycles. The molecule has 11 heavy (non-hydrogen) atoms. The van der Waals surface area contributed by atoms with Crippen LogP contribution in [0, 0.1) is 10.1 Å². The predicted octanol–water partition coefficient (Wildman–Crippen LogP) is 0.516. The van der Waals surface area contributed by atoms with Crippen LogP contribution in [0.3, 0.4) is 0 Å². The zero-order chi connectivity index (χ0) is 8.27. The normalized spacial score (nSPS) is 17.5. The minimum Gasteiger partial charge on any atom is -0.309 e. The van der Waals surface area contributed by atoms with Crippen molar-refractivity contribution in [2.75, 3.05) is 6.54 Å². The average Bonchev–Trinajstić information content (AvgIpc) is 2.35. The summed E-state index contributed by atoms with van der Waals surface area (Å²) in [4.78, 5) is 9.56. The van der Waals surface area contributed by atoms with Gasteiger partial charge in [0.15, 0.2) is 0 Å². The second-order valence-electron chi connectivity index (χ2n) is 2.31. The fraction of sp³-hybridized carbons (Fsp3) is 0.500. The zero-order valence-corrected chi connectivity index (χ0v) is 6.20. The van der Waals surface area contributed by atoms with Crippen molar-refractivity contribution in [3.05, 3.63) is 21.9 Å². The van der Waals surface area contributed by atoms with Crippen LogP contribution in [-0.2, 0) is 0 Å². The lowest BCUT2D eigenvalue weighted by Crippen LogP contribution is -1.99. The molecule has 0 amide bonds. The van der Waals surface area contributed by atoms with Gasteiger partial charge in [-0.25, -0.2) is 0 Å². The molecule has 0 unspecified atom stereocenters. The van der Waals surface area contributed by atoms with E-state index in [4.69, 9.17) is 0 Å². The first-order valence-corrected chi connectivity index (χ1v) is 3.32. The van der Waals surface area contributed by atoms with E-state index in [0.29, 0.717) is 5.57 Å².